The topological polar surface area (TPSA) is 136 Å². The van der Waals surface area contributed by atoms with Crippen molar-refractivity contribution in [2.24, 2.45) is 5.92 Å². The fourth-order valence-electron chi connectivity index (χ4n) is 5.18. The fourth-order valence-corrected chi connectivity index (χ4v) is 5.39. The van der Waals surface area contributed by atoms with E-state index in [1.807, 2.05) is 12.1 Å². The molecule has 0 aliphatic carbocycles. The highest BCUT2D eigenvalue weighted by atomic mass is 35.5. The van der Waals surface area contributed by atoms with Crippen molar-refractivity contribution in [3.05, 3.63) is 107 Å². The lowest BCUT2D eigenvalue weighted by molar-refractivity contribution is -0.149. The SMILES string of the molecule is CC(=O)N1C=C(c2cccc(OCc3cccc(Cl)c3)c2)N(CC(=O)N[C@@H](Cc2ccccc2)C(O)C(=O)O)C(=O)[C@H]1C(C)C. The van der Waals surface area contributed by atoms with Crippen LogP contribution in [0.1, 0.15) is 37.5 Å². The predicted octanol–water partition coefficient (Wildman–Crippen LogP) is 4.11. The van der Waals surface area contributed by atoms with Crippen LogP contribution < -0.4 is 10.1 Å². The molecule has 0 spiro atoms. The van der Waals surface area contributed by atoms with Crippen molar-refractivity contribution in [1.82, 2.24) is 15.1 Å². The van der Waals surface area contributed by atoms with E-state index in [2.05, 4.69) is 5.32 Å². The van der Waals surface area contributed by atoms with Crippen molar-refractivity contribution in [2.45, 2.75) is 52.0 Å². The normalized spacial score (nSPS) is 16.2. The van der Waals surface area contributed by atoms with E-state index in [4.69, 9.17) is 16.3 Å². The minimum Gasteiger partial charge on any atom is -0.489 e. The van der Waals surface area contributed by atoms with Gasteiger partial charge in [-0.1, -0.05) is 80.0 Å². The van der Waals surface area contributed by atoms with Gasteiger partial charge < -0.3 is 25.2 Å². The average Bonchev–Trinajstić information content (AvgIpc) is 3.00. The van der Waals surface area contributed by atoms with E-state index in [0.29, 0.717) is 21.9 Å². The summed E-state index contributed by atoms with van der Waals surface area (Å²) >= 11 is 6.09. The lowest BCUT2D eigenvalue weighted by Crippen LogP contribution is -2.57. The smallest absolute Gasteiger partial charge is 0.334 e. The van der Waals surface area contributed by atoms with E-state index in [1.54, 1.807) is 86.8 Å². The van der Waals surface area contributed by atoms with Gasteiger partial charge in [-0.3, -0.25) is 19.3 Å². The molecule has 0 radical (unpaired) electrons. The summed E-state index contributed by atoms with van der Waals surface area (Å²) in [5.74, 6) is -2.78. The number of halogens is 1. The first kappa shape index (κ1) is 33.2. The Morgan fingerprint density at radius 3 is 2.31 bits per heavy atom. The van der Waals surface area contributed by atoms with Crippen LogP contribution in [-0.2, 0) is 32.2 Å². The summed E-state index contributed by atoms with van der Waals surface area (Å²) in [6.45, 7) is 4.73. The molecule has 1 aliphatic heterocycles. The molecular weight excluding hydrogens is 598 g/mol. The summed E-state index contributed by atoms with van der Waals surface area (Å²) in [5.41, 5.74) is 2.37. The van der Waals surface area contributed by atoms with Crippen molar-refractivity contribution in [3.8, 4) is 5.75 Å². The number of benzene rings is 3. The molecule has 45 heavy (non-hydrogen) atoms. The van der Waals surface area contributed by atoms with Gasteiger partial charge in [0.15, 0.2) is 6.10 Å². The number of carboxylic acids is 1. The van der Waals surface area contributed by atoms with Crippen molar-refractivity contribution in [3.63, 3.8) is 0 Å². The van der Waals surface area contributed by atoms with Gasteiger partial charge in [0.25, 0.3) is 5.91 Å². The molecule has 10 nitrogen and oxygen atoms in total. The number of aliphatic hydroxyl groups is 1. The Hall–Kier alpha value is -4.67. The van der Waals surface area contributed by atoms with Crippen LogP contribution in [0.2, 0.25) is 5.02 Å². The van der Waals surface area contributed by atoms with Crippen molar-refractivity contribution < 1.29 is 34.1 Å². The van der Waals surface area contributed by atoms with Crippen LogP contribution in [0.4, 0.5) is 0 Å². The first-order chi connectivity index (χ1) is 21.4. The number of ether oxygens (including phenoxy) is 1. The molecular formula is C34H36ClN3O7. The standard InChI is InChI=1S/C34H36ClN3O7/c1-21(2)31-33(42)38(19-30(40)36-28(32(41)34(43)44)16-23-9-5-4-6-10-23)29(18-37(31)22(3)39)25-12-8-14-27(17-25)45-20-24-11-7-13-26(35)15-24/h4-15,17-18,21,28,31-32,41H,16,19-20H2,1-3H3,(H,36,40)(H,43,44)/t28-,31+,32?/m0/s1. The Bertz CT molecular complexity index is 1580. The lowest BCUT2D eigenvalue weighted by Gasteiger charge is -2.40. The molecule has 3 N–H and O–H groups in total. The third-order valence-electron chi connectivity index (χ3n) is 7.37. The minimum absolute atomic E-state index is 0.0510. The summed E-state index contributed by atoms with van der Waals surface area (Å²) < 4.78 is 5.98. The number of hydrogen-bond donors (Lipinski definition) is 3. The van der Waals surface area contributed by atoms with Crippen LogP contribution in [0.5, 0.6) is 5.75 Å². The monoisotopic (exact) mass is 633 g/mol. The number of carboxylic acid groups (broad SMARTS) is 1. The molecule has 0 bridgehead atoms. The van der Waals surface area contributed by atoms with Gasteiger partial charge in [0.05, 0.1) is 11.7 Å². The molecule has 3 aromatic carbocycles. The molecule has 0 saturated heterocycles. The predicted molar refractivity (Wildman–Crippen MR) is 169 cm³/mol. The molecule has 0 saturated carbocycles. The maximum absolute atomic E-state index is 14.0. The molecule has 1 aliphatic rings. The van der Waals surface area contributed by atoms with Gasteiger partial charge in [0.1, 0.15) is 24.9 Å². The summed E-state index contributed by atoms with van der Waals surface area (Å²) in [6.07, 6.45) is -0.285. The van der Waals surface area contributed by atoms with Crippen LogP contribution in [0.25, 0.3) is 5.70 Å². The molecule has 0 fully saturated rings. The van der Waals surface area contributed by atoms with E-state index in [9.17, 15) is 29.4 Å². The zero-order valence-corrected chi connectivity index (χ0v) is 26.0. The largest absolute Gasteiger partial charge is 0.489 e. The highest BCUT2D eigenvalue weighted by Crippen LogP contribution is 2.32. The number of nitrogens with one attached hydrogen (secondary N) is 1. The summed E-state index contributed by atoms with van der Waals surface area (Å²) in [5, 5.41) is 23.1. The summed E-state index contributed by atoms with van der Waals surface area (Å²) in [4.78, 5) is 54.4. The van der Waals surface area contributed by atoms with Crippen molar-refractivity contribution in [2.75, 3.05) is 6.54 Å². The molecule has 236 valence electrons. The molecule has 3 amide bonds. The number of hydrogen-bond acceptors (Lipinski definition) is 6. The second kappa shape index (κ2) is 14.9. The van der Waals surface area contributed by atoms with E-state index in [0.717, 1.165) is 5.56 Å². The Morgan fingerprint density at radius 2 is 1.67 bits per heavy atom. The molecule has 0 aromatic heterocycles. The Labute approximate surface area is 266 Å². The van der Waals surface area contributed by atoms with Crippen LogP contribution in [0.15, 0.2) is 85.1 Å². The number of carbonyl (C=O) groups excluding carboxylic acids is 3. The van der Waals surface area contributed by atoms with Gasteiger partial charge >= 0.3 is 5.97 Å². The minimum atomic E-state index is -1.88. The quantitative estimate of drug-likeness (QED) is 0.273. The number of carbonyl (C=O) groups is 4. The maximum Gasteiger partial charge on any atom is 0.334 e. The second-order valence-corrected chi connectivity index (χ2v) is 11.6. The number of nitrogens with zero attached hydrogens (tertiary/aromatic N) is 2. The molecule has 3 atom stereocenters. The number of aliphatic hydroxyl groups excluding tert-OH is 1. The Balaban J connectivity index is 1.64. The second-order valence-electron chi connectivity index (χ2n) is 11.1. The molecule has 1 unspecified atom stereocenters. The molecule has 3 aromatic rings. The van der Waals surface area contributed by atoms with E-state index in [1.165, 1.54) is 16.7 Å². The van der Waals surface area contributed by atoms with Crippen molar-refractivity contribution in [1.29, 1.82) is 0 Å². The zero-order valence-electron chi connectivity index (χ0n) is 25.2. The van der Waals surface area contributed by atoms with Crippen molar-refractivity contribution >= 4 is 41.0 Å². The molecule has 4 rings (SSSR count). The van der Waals surface area contributed by atoms with E-state index >= 15 is 0 Å². The van der Waals surface area contributed by atoms with Gasteiger partial charge in [-0.25, -0.2) is 4.79 Å². The van der Waals surface area contributed by atoms with Gasteiger partial charge in [-0.2, -0.15) is 0 Å². The van der Waals surface area contributed by atoms with Crippen LogP contribution >= 0.6 is 11.6 Å². The number of rotatable bonds is 12. The molecule has 1 heterocycles. The number of amides is 3. The zero-order chi connectivity index (χ0) is 32.7. The third kappa shape index (κ3) is 8.49. The van der Waals surface area contributed by atoms with Gasteiger partial charge in [0.2, 0.25) is 11.8 Å². The average molecular weight is 634 g/mol. The molecule has 11 heteroatoms. The first-order valence-corrected chi connectivity index (χ1v) is 14.9. The Morgan fingerprint density at radius 1 is 0.978 bits per heavy atom. The first-order valence-electron chi connectivity index (χ1n) is 14.5. The Kier molecular flexibility index (Phi) is 11.0. The number of aliphatic carboxylic acids is 1. The maximum atomic E-state index is 14.0. The highest BCUT2D eigenvalue weighted by Gasteiger charge is 2.40. The summed E-state index contributed by atoms with van der Waals surface area (Å²) in [7, 11) is 0. The third-order valence-corrected chi connectivity index (χ3v) is 7.61. The lowest BCUT2D eigenvalue weighted by atomic mass is 9.96. The van der Waals surface area contributed by atoms with Crippen LogP contribution in [0.3, 0.4) is 0 Å². The van der Waals surface area contributed by atoms with Gasteiger partial charge in [-0.05, 0) is 47.7 Å². The highest BCUT2D eigenvalue weighted by molar-refractivity contribution is 6.30. The van der Waals surface area contributed by atoms with Crippen LogP contribution in [-0.4, -0.2) is 68.4 Å². The van der Waals surface area contributed by atoms with E-state index in [-0.39, 0.29) is 30.5 Å². The fraction of sp³-hybridized carbons (Fsp3) is 0.294. The van der Waals surface area contributed by atoms with Crippen LogP contribution in [0, 0.1) is 5.92 Å². The van der Waals surface area contributed by atoms with Gasteiger partial charge in [0, 0.05) is 23.7 Å². The van der Waals surface area contributed by atoms with E-state index < -0.39 is 42.5 Å². The summed E-state index contributed by atoms with van der Waals surface area (Å²) in [6, 6.07) is 21.0. The van der Waals surface area contributed by atoms with Gasteiger partial charge in [-0.15, -0.1) is 0 Å².